The lowest BCUT2D eigenvalue weighted by molar-refractivity contribution is -0.380. The first kappa shape index (κ1) is 50.5. The van der Waals surface area contributed by atoms with E-state index >= 15 is 0 Å². The molecule has 18 heteroatoms. The van der Waals surface area contributed by atoms with Crippen LogP contribution in [-0.4, -0.2) is 168 Å². The van der Waals surface area contributed by atoms with Crippen molar-refractivity contribution in [2.75, 3.05) is 6.61 Å². The zero-order chi connectivity index (χ0) is 48.4. The number of fused-ring (bicyclic) bond motifs is 7. The van der Waals surface area contributed by atoms with Crippen LogP contribution in [0.5, 0.6) is 0 Å². The number of allylic oxidation sites excluding steroid dienone is 1. The van der Waals surface area contributed by atoms with E-state index in [4.69, 9.17) is 28.4 Å². The lowest BCUT2D eigenvalue weighted by atomic mass is 9.33. The summed E-state index contributed by atoms with van der Waals surface area (Å²) in [6.45, 7) is 15.2. The topological polar surface area (TPSA) is 292 Å². The van der Waals surface area contributed by atoms with Gasteiger partial charge in [0.25, 0.3) is 0 Å². The first-order valence-electron chi connectivity index (χ1n) is 24.3. The van der Waals surface area contributed by atoms with Gasteiger partial charge in [0.05, 0.1) is 35.7 Å². The Kier molecular flexibility index (Phi) is 13.6. The largest absolute Gasteiger partial charge is 0.481 e. The van der Waals surface area contributed by atoms with Gasteiger partial charge in [0.15, 0.2) is 18.9 Å². The Morgan fingerprint density at radius 2 is 1.26 bits per heavy atom. The molecule has 66 heavy (non-hydrogen) atoms. The number of carbonyl (C=O) groups is 2. The van der Waals surface area contributed by atoms with Crippen LogP contribution in [0.3, 0.4) is 0 Å². The highest BCUT2D eigenvalue weighted by Crippen LogP contribution is 2.76. The predicted molar refractivity (Wildman–Crippen MR) is 230 cm³/mol. The van der Waals surface area contributed by atoms with E-state index in [0.29, 0.717) is 44.9 Å². The Labute approximate surface area is 386 Å². The van der Waals surface area contributed by atoms with Gasteiger partial charge in [0.2, 0.25) is 0 Å². The van der Waals surface area contributed by atoms with E-state index in [2.05, 4.69) is 47.6 Å². The van der Waals surface area contributed by atoms with E-state index in [1.807, 2.05) is 0 Å². The molecule has 0 radical (unpaired) electrons. The molecule has 0 aromatic heterocycles. The molecule has 8 aliphatic rings. The van der Waals surface area contributed by atoms with Gasteiger partial charge in [-0.15, -0.1) is 0 Å². The number of hydrogen-bond donors (Lipinski definition) is 10. The Bertz CT molecular complexity index is 1850. The van der Waals surface area contributed by atoms with Gasteiger partial charge in [-0.1, -0.05) is 53.2 Å². The standard InChI is InChI=1S/C48H76O18/c1-20-11-16-47(42(57)58)17-18-48(43(59)60)24(29(47)21(20)2)9-10-27-45(7)14-13-28(44(5,6)26(45)12-15-46(27,48)8)64-41-36(56)38(31(51)25(19-49)63-41)66-40-35(55)33(53)37(23(4)62-40)65-39-34(54)32(52)30(50)22(3)61-39/h9,20-23,25-41,49-56H,10-19H2,1-8H3,(H,57,58)(H,59,60)/t20-,21-,22-,23+,25+,26-,27-,28+,29-,30-,31+,32+,33+,34-,35-,36+,37-,38-,39+,40+,41-,45+,46-,47+,48-/m1/s1. The number of ether oxygens (including phenoxy) is 6. The summed E-state index contributed by atoms with van der Waals surface area (Å²) in [5, 5.41) is 109. The second kappa shape index (κ2) is 17.8. The lowest BCUT2D eigenvalue weighted by Crippen LogP contribution is -2.68. The lowest BCUT2D eigenvalue weighted by Gasteiger charge is -2.70. The number of aliphatic carboxylic acids is 2. The van der Waals surface area contributed by atoms with E-state index in [9.17, 15) is 60.7 Å². The number of rotatable bonds is 9. The van der Waals surface area contributed by atoms with Crippen LogP contribution in [0.15, 0.2) is 11.6 Å². The van der Waals surface area contributed by atoms with Crippen molar-refractivity contribution in [3.05, 3.63) is 11.6 Å². The fourth-order valence-electron chi connectivity index (χ4n) is 15.4. The number of carboxylic acids is 2. The fourth-order valence-corrected chi connectivity index (χ4v) is 15.4. The van der Waals surface area contributed by atoms with E-state index in [0.717, 1.165) is 12.0 Å². The molecule has 18 nitrogen and oxygen atoms in total. The van der Waals surface area contributed by atoms with Crippen molar-refractivity contribution in [2.45, 2.75) is 211 Å². The zero-order valence-corrected chi connectivity index (χ0v) is 39.5. The molecule has 376 valence electrons. The van der Waals surface area contributed by atoms with Crippen molar-refractivity contribution in [2.24, 2.45) is 56.7 Å². The number of aliphatic hydroxyl groups is 8. The van der Waals surface area contributed by atoms with Crippen LogP contribution < -0.4 is 0 Å². The van der Waals surface area contributed by atoms with Gasteiger partial charge in [-0.25, -0.2) is 0 Å². The van der Waals surface area contributed by atoms with Crippen LogP contribution in [-0.2, 0) is 38.0 Å². The summed E-state index contributed by atoms with van der Waals surface area (Å²) in [7, 11) is 0. The fraction of sp³-hybridized carbons (Fsp3) is 0.917. The normalized spacial score (nSPS) is 54.7. The molecule has 0 amide bonds. The van der Waals surface area contributed by atoms with E-state index in [-0.39, 0.29) is 41.4 Å². The quantitative estimate of drug-likeness (QED) is 0.116. The molecular weight excluding hydrogens is 865 g/mol. The molecule has 0 unspecified atom stereocenters. The molecule has 0 aromatic carbocycles. The zero-order valence-electron chi connectivity index (χ0n) is 39.5. The summed E-state index contributed by atoms with van der Waals surface area (Å²) in [6, 6.07) is 0. The highest BCUT2D eigenvalue weighted by atomic mass is 16.8. The second-order valence-electron chi connectivity index (χ2n) is 22.8. The van der Waals surface area contributed by atoms with Crippen LogP contribution in [0.2, 0.25) is 0 Å². The van der Waals surface area contributed by atoms with Crippen LogP contribution in [0.1, 0.15) is 113 Å². The van der Waals surface area contributed by atoms with Crippen molar-refractivity contribution in [1.82, 2.24) is 0 Å². The van der Waals surface area contributed by atoms with Gasteiger partial charge in [0, 0.05) is 0 Å². The maximum absolute atomic E-state index is 14.0. The average Bonchev–Trinajstić information content (AvgIpc) is 3.26. The molecule has 3 heterocycles. The summed E-state index contributed by atoms with van der Waals surface area (Å²) < 4.78 is 35.9. The number of carboxylic acid groups (broad SMARTS) is 2. The third kappa shape index (κ3) is 7.40. The molecular formula is C48H76O18. The summed E-state index contributed by atoms with van der Waals surface area (Å²) in [5.74, 6) is -1.76. The number of hydrogen-bond acceptors (Lipinski definition) is 16. The van der Waals surface area contributed by atoms with Gasteiger partial charge in [0.1, 0.15) is 61.0 Å². The monoisotopic (exact) mass is 941 g/mol. The van der Waals surface area contributed by atoms with Crippen LogP contribution in [0.4, 0.5) is 0 Å². The van der Waals surface area contributed by atoms with Crippen LogP contribution in [0.25, 0.3) is 0 Å². The molecule has 10 N–H and O–H groups in total. The molecule has 8 rings (SSSR count). The molecule has 0 spiro atoms. The van der Waals surface area contributed by atoms with Gasteiger partial charge >= 0.3 is 11.9 Å². The molecule has 3 saturated heterocycles. The molecule has 7 fully saturated rings. The third-order valence-corrected chi connectivity index (χ3v) is 19.5. The highest BCUT2D eigenvalue weighted by Gasteiger charge is 2.73. The molecule has 0 aromatic rings. The van der Waals surface area contributed by atoms with Gasteiger partial charge in [-0.05, 0) is 117 Å². The summed E-state index contributed by atoms with van der Waals surface area (Å²) in [6.07, 6.45) is -15.5. The van der Waals surface area contributed by atoms with Gasteiger partial charge < -0.3 is 79.5 Å². The summed E-state index contributed by atoms with van der Waals surface area (Å²) in [4.78, 5) is 27.2. The van der Waals surface area contributed by atoms with Crippen molar-refractivity contribution < 1.29 is 89.1 Å². The highest BCUT2D eigenvalue weighted by molar-refractivity contribution is 5.84. The maximum atomic E-state index is 14.0. The van der Waals surface area contributed by atoms with Gasteiger partial charge in [-0.3, -0.25) is 9.59 Å². The minimum absolute atomic E-state index is 0.0188. The molecule has 4 saturated carbocycles. The molecule has 25 atom stereocenters. The molecule has 0 bridgehead atoms. The van der Waals surface area contributed by atoms with Crippen molar-refractivity contribution >= 4 is 11.9 Å². The summed E-state index contributed by atoms with van der Waals surface area (Å²) in [5.41, 5.74) is -2.91. The Morgan fingerprint density at radius 3 is 1.89 bits per heavy atom. The predicted octanol–water partition coefficient (Wildman–Crippen LogP) is 1.68. The Hall–Kier alpha value is -1.88. The van der Waals surface area contributed by atoms with Crippen LogP contribution in [0, 0.1) is 56.7 Å². The molecule has 3 aliphatic heterocycles. The minimum Gasteiger partial charge on any atom is -0.481 e. The smallest absolute Gasteiger partial charge is 0.314 e. The average molecular weight is 941 g/mol. The van der Waals surface area contributed by atoms with E-state index < -0.39 is 138 Å². The Balaban J connectivity index is 0.992. The first-order chi connectivity index (χ1) is 30.8. The molecule has 5 aliphatic carbocycles. The minimum atomic E-state index is -1.82. The first-order valence-corrected chi connectivity index (χ1v) is 24.3. The number of aliphatic hydroxyl groups excluding tert-OH is 8. The van der Waals surface area contributed by atoms with Gasteiger partial charge in [-0.2, -0.15) is 0 Å². The third-order valence-electron chi connectivity index (χ3n) is 19.5. The van der Waals surface area contributed by atoms with Crippen molar-refractivity contribution in [1.29, 1.82) is 0 Å². The second-order valence-corrected chi connectivity index (χ2v) is 22.8. The summed E-state index contributed by atoms with van der Waals surface area (Å²) >= 11 is 0. The SMILES string of the molecule is C[C@@H]1[C@H](C)CC[C@]2(C(=O)O)CC[C@]3(C(=O)O)C(=CC[C@@H]4[C@@]5(C)CC[C@H](O[C@H]6O[C@@H](CO)[C@H](O)[C@@H](O[C@@H]7O[C@@H](C)[C@@H](O[C@@H]8O[C@H](C)[C@@H](O)[C@H](O)[C@H]8O)[C@@H](O)[C@H]7O)[C@@H]6O)C(C)(C)[C@H]5CC[C@]43C)[C@@H]12. The van der Waals surface area contributed by atoms with Crippen molar-refractivity contribution in [3.63, 3.8) is 0 Å². The maximum Gasteiger partial charge on any atom is 0.314 e. The van der Waals surface area contributed by atoms with E-state index in [1.165, 1.54) is 13.8 Å². The van der Waals surface area contributed by atoms with E-state index in [1.54, 1.807) is 0 Å². The Morgan fingerprint density at radius 1 is 0.636 bits per heavy atom. The van der Waals surface area contributed by atoms with Crippen LogP contribution >= 0.6 is 0 Å². The van der Waals surface area contributed by atoms with Crippen molar-refractivity contribution in [3.8, 4) is 0 Å².